The van der Waals surface area contributed by atoms with E-state index in [2.05, 4.69) is 11.3 Å². The number of nitrogens with one attached hydrogen (secondary N) is 1. The molecule has 10 heteroatoms. The molecule has 1 unspecified atom stereocenters. The maximum atomic E-state index is 12.6. The van der Waals surface area contributed by atoms with Crippen LogP contribution in [-0.2, 0) is 20.0 Å². The lowest BCUT2D eigenvalue weighted by Crippen LogP contribution is -2.32. The third-order valence-corrected chi connectivity index (χ3v) is 7.18. The minimum Gasteiger partial charge on any atom is -0.211 e. The molecular weight excluding hydrogens is 383 g/mol. The first-order valence-corrected chi connectivity index (χ1v) is 10.5. The second kappa shape index (κ2) is 7.08. The Bertz CT molecular complexity index is 809. The quantitative estimate of drug-likeness (QED) is 0.794. The van der Waals surface area contributed by atoms with Crippen LogP contribution in [0.25, 0.3) is 0 Å². The fourth-order valence-electron chi connectivity index (χ4n) is 2.26. The van der Waals surface area contributed by atoms with Gasteiger partial charge in [0.15, 0.2) is 0 Å². The third-order valence-electron chi connectivity index (χ3n) is 3.57. The number of rotatable bonds is 6. The maximum absolute atomic E-state index is 12.6. The van der Waals surface area contributed by atoms with Crippen LogP contribution in [0.15, 0.2) is 35.1 Å². The van der Waals surface area contributed by atoms with E-state index < -0.39 is 20.0 Å². The molecule has 1 atom stereocenters. The van der Waals surface area contributed by atoms with Crippen molar-refractivity contribution in [1.29, 1.82) is 0 Å². The van der Waals surface area contributed by atoms with Gasteiger partial charge >= 0.3 is 0 Å². The first-order valence-electron chi connectivity index (χ1n) is 6.73. The zero-order chi connectivity index (χ0) is 17.3. The first kappa shape index (κ1) is 18.7. The Balaban J connectivity index is 2.08. The van der Waals surface area contributed by atoms with Crippen molar-refractivity contribution in [2.24, 2.45) is 5.92 Å². The molecule has 0 radical (unpaired) electrons. The monoisotopic (exact) mass is 398 g/mol. The number of hydrogen-bond donors (Lipinski definition) is 1. The fourth-order valence-corrected chi connectivity index (χ4v) is 4.77. The molecule has 1 aliphatic rings. The highest BCUT2D eigenvalue weighted by atomic mass is 35.5. The summed E-state index contributed by atoms with van der Waals surface area (Å²) in [6, 6.07) is 4.15. The summed E-state index contributed by atoms with van der Waals surface area (Å²) in [6.07, 6.45) is 0.570. The molecule has 1 heterocycles. The van der Waals surface area contributed by atoms with E-state index in [9.17, 15) is 16.8 Å². The van der Waals surface area contributed by atoms with E-state index in [4.69, 9.17) is 23.2 Å². The van der Waals surface area contributed by atoms with E-state index in [1.165, 1.54) is 22.5 Å². The highest BCUT2D eigenvalue weighted by Crippen LogP contribution is 2.29. The van der Waals surface area contributed by atoms with Crippen molar-refractivity contribution in [3.8, 4) is 0 Å². The summed E-state index contributed by atoms with van der Waals surface area (Å²) in [5, 5.41) is 1.28. The van der Waals surface area contributed by atoms with Gasteiger partial charge in [0.2, 0.25) is 20.0 Å². The van der Waals surface area contributed by atoms with Crippen LogP contribution in [0.3, 0.4) is 0 Å². The molecule has 1 saturated heterocycles. The first-order chi connectivity index (χ1) is 10.7. The number of nitrogens with zero attached hydrogens (tertiary/aromatic N) is 1. The highest BCUT2D eigenvalue weighted by molar-refractivity contribution is 7.92. The maximum Gasteiger partial charge on any atom is 0.243 e. The number of benzene rings is 1. The van der Waals surface area contributed by atoms with Crippen LogP contribution < -0.4 is 4.72 Å². The molecule has 0 aliphatic carbocycles. The average molecular weight is 399 g/mol. The van der Waals surface area contributed by atoms with Crippen molar-refractivity contribution < 1.29 is 16.8 Å². The lowest BCUT2D eigenvalue weighted by atomic mass is 10.1. The summed E-state index contributed by atoms with van der Waals surface area (Å²) < 4.78 is 51.5. The van der Waals surface area contributed by atoms with Crippen molar-refractivity contribution in [1.82, 2.24) is 9.03 Å². The van der Waals surface area contributed by atoms with Gasteiger partial charge in [0, 0.05) is 25.0 Å². The van der Waals surface area contributed by atoms with Crippen LogP contribution in [0, 0.1) is 5.92 Å². The van der Waals surface area contributed by atoms with Gasteiger partial charge in [-0.3, -0.25) is 0 Å². The SMILES string of the molecule is C=CS(=O)(=O)NCC1CCN(S(=O)(=O)c2ccc(Cl)c(Cl)c2)C1. The summed E-state index contributed by atoms with van der Waals surface area (Å²) in [7, 11) is -7.19. The Morgan fingerprint density at radius 3 is 2.57 bits per heavy atom. The Kier molecular flexibility index (Phi) is 5.76. The van der Waals surface area contributed by atoms with Gasteiger partial charge in [-0.25, -0.2) is 21.6 Å². The summed E-state index contributed by atoms with van der Waals surface area (Å²) >= 11 is 11.7. The van der Waals surface area contributed by atoms with Crippen LogP contribution in [0.1, 0.15) is 6.42 Å². The number of hydrogen-bond acceptors (Lipinski definition) is 4. The molecule has 1 aliphatic heterocycles. The Morgan fingerprint density at radius 1 is 1.26 bits per heavy atom. The normalized spacial score (nSPS) is 19.8. The molecule has 0 bridgehead atoms. The van der Waals surface area contributed by atoms with Crippen LogP contribution in [0.2, 0.25) is 10.0 Å². The minimum atomic E-state index is -3.68. The molecule has 6 nitrogen and oxygen atoms in total. The molecule has 23 heavy (non-hydrogen) atoms. The lowest BCUT2D eigenvalue weighted by Gasteiger charge is -2.17. The van der Waals surface area contributed by atoms with Crippen molar-refractivity contribution in [2.75, 3.05) is 19.6 Å². The topological polar surface area (TPSA) is 83.6 Å². The van der Waals surface area contributed by atoms with Crippen molar-refractivity contribution in [3.63, 3.8) is 0 Å². The van der Waals surface area contributed by atoms with E-state index in [0.717, 1.165) is 5.41 Å². The van der Waals surface area contributed by atoms with Crippen LogP contribution >= 0.6 is 23.2 Å². The molecule has 0 amide bonds. The Morgan fingerprint density at radius 2 is 1.96 bits per heavy atom. The molecule has 1 N–H and O–H groups in total. The van der Waals surface area contributed by atoms with E-state index in [1.807, 2.05) is 0 Å². The lowest BCUT2D eigenvalue weighted by molar-refractivity contribution is 0.455. The zero-order valence-corrected chi connectivity index (χ0v) is 15.2. The number of halogens is 2. The molecule has 128 valence electrons. The van der Waals surface area contributed by atoms with Gasteiger partial charge in [-0.05, 0) is 30.5 Å². The van der Waals surface area contributed by atoms with Gasteiger partial charge in [0.05, 0.1) is 14.9 Å². The molecule has 1 aromatic rings. The largest absolute Gasteiger partial charge is 0.243 e. The summed E-state index contributed by atoms with van der Waals surface area (Å²) in [6.45, 7) is 3.94. The second-order valence-corrected chi connectivity index (χ2v) is 9.62. The summed E-state index contributed by atoms with van der Waals surface area (Å²) in [4.78, 5) is 0.0687. The second-order valence-electron chi connectivity index (χ2n) is 5.15. The van der Waals surface area contributed by atoms with E-state index in [-0.39, 0.29) is 33.9 Å². The van der Waals surface area contributed by atoms with Crippen molar-refractivity contribution >= 4 is 43.2 Å². The molecular formula is C13H16Cl2N2O4S2. The molecule has 0 spiro atoms. The average Bonchev–Trinajstić information content (AvgIpc) is 2.98. The smallest absolute Gasteiger partial charge is 0.211 e. The standard InChI is InChI=1S/C13H16Cl2N2O4S2/c1-2-22(18,19)16-8-10-5-6-17(9-10)23(20,21)11-3-4-12(14)13(15)7-11/h2-4,7,10,16H,1,5-6,8-9H2. The minimum absolute atomic E-state index is 0.0687. The summed E-state index contributed by atoms with van der Waals surface area (Å²) in [5.41, 5.74) is 0. The van der Waals surface area contributed by atoms with Gasteiger partial charge in [0.25, 0.3) is 0 Å². The van der Waals surface area contributed by atoms with Crippen molar-refractivity contribution in [3.05, 3.63) is 40.2 Å². The van der Waals surface area contributed by atoms with Gasteiger partial charge in [0.1, 0.15) is 0 Å². The highest BCUT2D eigenvalue weighted by Gasteiger charge is 2.33. The molecule has 2 rings (SSSR count). The fraction of sp³-hybridized carbons (Fsp3) is 0.385. The third kappa shape index (κ3) is 4.46. The predicted octanol–water partition coefficient (Wildman–Crippen LogP) is 2.07. The molecule has 0 aromatic heterocycles. The van der Waals surface area contributed by atoms with Gasteiger partial charge in [-0.2, -0.15) is 4.31 Å². The van der Waals surface area contributed by atoms with Gasteiger partial charge in [-0.1, -0.05) is 29.8 Å². The molecule has 0 saturated carbocycles. The van der Waals surface area contributed by atoms with E-state index in [0.29, 0.717) is 13.0 Å². The molecule has 1 aromatic carbocycles. The zero-order valence-electron chi connectivity index (χ0n) is 12.1. The molecule has 1 fully saturated rings. The van der Waals surface area contributed by atoms with E-state index in [1.54, 1.807) is 0 Å². The van der Waals surface area contributed by atoms with Crippen LogP contribution in [0.4, 0.5) is 0 Å². The Hall–Kier alpha value is -0.640. The van der Waals surface area contributed by atoms with Gasteiger partial charge in [-0.15, -0.1) is 0 Å². The Labute approximate surface area is 146 Å². The predicted molar refractivity (Wildman–Crippen MR) is 90.4 cm³/mol. The van der Waals surface area contributed by atoms with Crippen LogP contribution in [0.5, 0.6) is 0 Å². The number of sulfonamides is 2. The van der Waals surface area contributed by atoms with Crippen LogP contribution in [-0.4, -0.2) is 40.8 Å². The van der Waals surface area contributed by atoms with E-state index >= 15 is 0 Å². The van der Waals surface area contributed by atoms with Gasteiger partial charge < -0.3 is 0 Å². The van der Waals surface area contributed by atoms with Crippen molar-refractivity contribution in [2.45, 2.75) is 11.3 Å². The summed E-state index contributed by atoms with van der Waals surface area (Å²) in [5.74, 6) is -0.0951.